The van der Waals surface area contributed by atoms with Crippen LogP contribution in [0.1, 0.15) is 40.8 Å². The number of hydrogen-bond acceptors (Lipinski definition) is 4. The number of aryl methyl sites for hydroxylation is 1. The van der Waals surface area contributed by atoms with Crippen molar-refractivity contribution >= 4 is 11.7 Å². The van der Waals surface area contributed by atoms with Gasteiger partial charge in [-0.25, -0.2) is 15.0 Å². The number of carbonyl (C=O) groups is 1. The molecule has 0 saturated carbocycles. The first-order valence-electron chi connectivity index (χ1n) is 7.82. The summed E-state index contributed by atoms with van der Waals surface area (Å²) in [6.45, 7) is 3.30. The van der Waals surface area contributed by atoms with Crippen LogP contribution in [0.2, 0.25) is 0 Å². The van der Waals surface area contributed by atoms with Crippen molar-refractivity contribution in [3.05, 3.63) is 48.1 Å². The molecular weight excluding hydrogens is 292 g/mol. The van der Waals surface area contributed by atoms with E-state index >= 15 is 0 Å². The number of hydrogen-bond donors (Lipinski definition) is 1. The normalized spacial score (nSPS) is 18.5. The van der Waals surface area contributed by atoms with Crippen molar-refractivity contribution in [2.24, 2.45) is 0 Å². The molecule has 1 N–H and O–H groups in total. The van der Waals surface area contributed by atoms with E-state index in [1.54, 1.807) is 16.8 Å². The molecule has 23 heavy (non-hydrogen) atoms. The Kier molecular flexibility index (Phi) is 3.33. The monoisotopic (exact) mass is 310 g/mol. The smallest absolute Gasteiger partial charge is 0.272 e. The summed E-state index contributed by atoms with van der Waals surface area (Å²) < 4.78 is 1.77. The number of piperidine rings is 1. The lowest BCUT2D eigenvalue weighted by molar-refractivity contribution is 0.0697. The number of nitrogens with zero attached hydrogens (tertiary/aromatic N) is 5. The molecule has 1 saturated heterocycles. The van der Waals surface area contributed by atoms with Crippen molar-refractivity contribution in [2.75, 3.05) is 13.1 Å². The fourth-order valence-electron chi connectivity index (χ4n) is 3.29. The topological polar surface area (TPSA) is 79.2 Å². The standard InChI is InChI=1S/C16H18N6O/c1-11-13(22-9-3-5-19-16(22)20-11)15(23)21-8-2-4-12(10-21)14-17-6-7-18-14/h3,5-7,9,12H,2,4,8,10H2,1H3,(H,17,18)/t12-/m1/s1. The van der Waals surface area contributed by atoms with Gasteiger partial charge < -0.3 is 9.88 Å². The Morgan fingerprint density at radius 2 is 2.26 bits per heavy atom. The summed E-state index contributed by atoms with van der Waals surface area (Å²) in [7, 11) is 0. The van der Waals surface area contributed by atoms with Gasteiger partial charge in [-0.1, -0.05) is 0 Å². The molecule has 118 valence electrons. The van der Waals surface area contributed by atoms with Crippen LogP contribution in [-0.4, -0.2) is 48.2 Å². The second-order valence-corrected chi connectivity index (χ2v) is 5.90. The number of nitrogens with one attached hydrogen (secondary N) is 1. The van der Waals surface area contributed by atoms with Gasteiger partial charge >= 0.3 is 0 Å². The molecule has 3 aromatic heterocycles. The van der Waals surface area contributed by atoms with Gasteiger partial charge in [-0.05, 0) is 25.8 Å². The fraction of sp³-hybridized carbons (Fsp3) is 0.375. The van der Waals surface area contributed by atoms with Crippen LogP contribution < -0.4 is 0 Å². The van der Waals surface area contributed by atoms with Gasteiger partial charge in [-0.15, -0.1) is 0 Å². The molecule has 1 amide bonds. The summed E-state index contributed by atoms with van der Waals surface area (Å²) >= 11 is 0. The van der Waals surface area contributed by atoms with E-state index in [-0.39, 0.29) is 11.8 Å². The lowest BCUT2D eigenvalue weighted by Crippen LogP contribution is -2.40. The lowest BCUT2D eigenvalue weighted by atomic mass is 9.97. The van der Waals surface area contributed by atoms with Crippen molar-refractivity contribution in [1.82, 2.24) is 29.2 Å². The minimum absolute atomic E-state index is 0.0132. The highest BCUT2D eigenvalue weighted by Gasteiger charge is 2.29. The second-order valence-electron chi connectivity index (χ2n) is 5.90. The van der Waals surface area contributed by atoms with Gasteiger partial charge in [-0.3, -0.25) is 9.20 Å². The van der Waals surface area contributed by atoms with Crippen molar-refractivity contribution in [1.29, 1.82) is 0 Å². The third kappa shape index (κ3) is 2.38. The molecule has 0 spiro atoms. The molecule has 0 bridgehead atoms. The molecular formula is C16H18N6O. The van der Waals surface area contributed by atoms with E-state index in [0.29, 0.717) is 23.7 Å². The van der Waals surface area contributed by atoms with E-state index in [1.165, 1.54) is 0 Å². The Balaban J connectivity index is 1.64. The number of rotatable bonds is 2. The number of likely N-dealkylation sites (tertiary alicyclic amines) is 1. The number of imidazole rings is 2. The zero-order valence-corrected chi connectivity index (χ0v) is 12.9. The molecule has 0 aromatic carbocycles. The van der Waals surface area contributed by atoms with Gasteiger partial charge in [0.05, 0.1) is 5.69 Å². The van der Waals surface area contributed by atoms with Crippen LogP contribution in [0.5, 0.6) is 0 Å². The third-order valence-corrected chi connectivity index (χ3v) is 4.40. The predicted molar refractivity (Wildman–Crippen MR) is 84.2 cm³/mol. The summed E-state index contributed by atoms with van der Waals surface area (Å²) in [5, 5.41) is 0. The molecule has 1 aliphatic heterocycles. The summed E-state index contributed by atoms with van der Waals surface area (Å²) in [5.41, 5.74) is 1.32. The van der Waals surface area contributed by atoms with E-state index in [2.05, 4.69) is 19.9 Å². The number of fused-ring (bicyclic) bond motifs is 1. The minimum atomic E-state index is 0.0132. The SMILES string of the molecule is Cc1nc2ncccn2c1C(=O)N1CCC[C@@H](c2ncc[nH]2)C1. The molecule has 0 unspecified atom stereocenters. The first kappa shape index (κ1) is 13.9. The molecule has 7 nitrogen and oxygen atoms in total. The van der Waals surface area contributed by atoms with Crippen molar-refractivity contribution in [2.45, 2.75) is 25.7 Å². The van der Waals surface area contributed by atoms with Gasteiger partial charge in [0.15, 0.2) is 0 Å². The van der Waals surface area contributed by atoms with E-state index in [4.69, 9.17) is 0 Å². The largest absolute Gasteiger partial charge is 0.348 e. The molecule has 1 fully saturated rings. The Hall–Kier alpha value is -2.70. The van der Waals surface area contributed by atoms with Crippen LogP contribution in [0, 0.1) is 6.92 Å². The number of H-pyrrole nitrogens is 1. The highest BCUT2D eigenvalue weighted by Crippen LogP contribution is 2.26. The average molecular weight is 310 g/mol. The van der Waals surface area contributed by atoms with Crippen LogP contribution in [-0.2, 0) is 0 Å². The Morgan fingerprint density at radius 1 is 1.35 bits per heavy atom. The third-order valence-electron chi connectivity index (χ3n) is 4.40. The molecule has 3 aromatic rings. The zero-order valence-electron chi connectivity index (χ0n) is 12.9. The number of carbonyl (C=O) groups excluding carboxylic acids is 1. The van der Waals surface area contributed by atoms with Crippen LogP contribution >= 0.6 is 0 Å². The second kappa shape index (κ2) is 5.49. The number of aromatic nitrogens is 5. The first-order chi connectivity index (χ1) is 11.2. The Labute approximate surface area is 133 Å². The molecule has 0 radical (unpaired) electrons. The summed E-state index contributed by atoms with van der Waals surface area (Å²) in [4.78, 5) is 31.0. The molecule has 0 aliphatic carbocycles. The van der Waals surface area contributed by atoms with Gasteiger partial charge in [0.25, 0.3) is 5.91 Å². The molecule has 1 atom stereocenters. The quantitative estimate of drug-likeness (QED) is 0.782. The molecule has 7 heteroatoms. The summed E-state index contributed by atoms with van der Waals surface area (Å²) in [6, 6.07) is 1.81. The highest BCUT2D eigenvalue weighted by molar-refractivity contribution is 5.94. The van der Waals surface area contributed by atoms with E-state index in [9.17, 15) is 4.79 Å². The van der Waals surface area contributed by atoms with Crippen molar-refractivity contribution < 1.29 is 4.79 Å². The van der Waals surface area contributed by atoms with E-state index in [1.807, 2.05) is 30.3 Å². The number of amides is 1. The molecule has 1 aliphatic rings. The minimum Gasteiger partial charge on any atom is -0.348 e. The fourth-order valence-corrected chi connectivity index (χ4v) is 3.29. The van der Waals surface area contributed by atoms with Crippen LogP contribution in [0.15, 0.2) is 30.9 Å². The maximum absolute atomic E-state index is 13.0. The average Bonchev–Trinajstić information content (AvgIpc) is 3.21. The van der Waals surface area contributed by atoms with Gasteiger partial charge in [0.1, 0.15) is 11.5 Å². The Morgan fingerprint density at radius 3 is 3.09 bits per heavy atom. The van der Waals surface area contributed by atoms with Crippen LogP contribution in [0.4, 0.5) is 0 Å². The van der Waals surface area contributed by atoms with Crippen LogP contribution in [0.3, 0.4) is 0 Å². The zero-order chi connectivity index (χ0) is 15.8. The van der Waals surface area contributed by atoms with E-state index < -0.39 is 0 Å². The van der Waals surface area contributed by atoms with E-state index in [0.717, 1.165) is 25.2 Å². The summed E-state index contributed by atoms with van der Waals surface area (Å²) in [6.07, 6.45) is 9.14. The van der Waals surface area contributed by atoms with Gasteiger partial charge in [0, 0.05) is 43.8 Å². The predicted octanol–water partition coefficient (Wildman–Crippen LogP) is 1.78. The maximum atomic E-state index is 13.0. The molecule has 4 heterocycles. The van der Waals surface area contributed by atoms with Crippen LogP contribution in [0.25, 0.3) is 5.78 Å². The van der Waals surface area contributed by atoms with Gasteiger partial charge in [0.2, 0.25) is 5.78 Å². The van der Waals surface area contributed by atoms with Crippen molar-refractivity contribution in [3.63, 3.8) is 0 Å². The van der Waals surface area contributed by atoms with Gasteiger partial charge in [-0.2, -0.15) is 0 Å². The molecule has 4 rings (SSSR count). The lowest BCUT2D eigenvalue weighted by Gasteiger charge is -2.31. The summed E-state index contributed by atoms with van der Waals surface area (Å²) in [5.74, 6) is 1.80. The maximum Gasteiger partial charge on any atom is 0.272 e. The highest BCUT2D eigenvalue weighted by atomic mass is 16.2. The Bertz CT molecular complexity index is 838. The number of aromatic amines is 1. The first-order valence-corrected chi connectivity index (χ1v) is 7.82. The van der Waals surface area contributed by atoms with Crippen molar-refractivity contribution in [3.8, 4) is 0 Å².